The van der Waals surface area contributed by atoms with Gasteiger partial charge in [-0.1, -0.05) is 34.1 Å². The summed E-state index contributed by atoms with van der Waals surface area (Å²) in [4.78, 5) is 13.1. The van der Waals surface area contributed by atoms with Crippen LogP contribution in [0.25, 0.3) is 0 Å². The number of benzene rings is 2. The summed E-state index contributed by atoms with van der Waals surface area (Å²) in [6.45, 7) is 0.597. The Bertz CT molecular complexity index is 864. The molecule has 1 N–H and O–H groups in total. The van der Waals surface area contributed by atoms with Crippen LogP contribution in [-0.2, 0) is 27.7 Å². The van der Waals surface area contributed by atoms with Crippen LogP contribution in [0.15, 0.2) is 46.9 Å². The van der Waals surface area contributed by atoms with Crippen LogP contribution in [0.4, 0.5) is 17.6 Å². The summed E-state index contributed by atoms with van der Waals surface area (Å²) in [6.07, 6.45) is -3.96. The van der Waals surface area contributed by atoms with E-state index in [-0.39, 0.29) is 32.6 Å². The van der Waals surface area contributed by atoms with Crippen LogP contribution < -0.4 is 5.32 Å². The monoisotopic (exact) mass is 459 g/mol. The Morgan fingerprint density at radius 3 is 2.54 bits per heavy atom. The normalized spacial score (nSPS) is 16.6. The standard InChI is InChI=1S/C20H18BrF4NO2/c21-17-5-4-16(22)10-13(17)12-26-18(27)19(6-8-28-9-7-19)14-2-1-3-15(11-14)20(23,24)25/h1-5,10-11H,6-9,12H2,(H,26,27). The molecule has 1 heterocycles. The van der Waals surface area contributed by atoms with Crippen molar-refractivity contribution in [2.24, 2.45) is 0 Å². The highest BCUT2D eigenvalue weighted by molar-refractivity contribution is 9.10. The van der Waals surface area contributed by atoms with E-state index in [0.717, 1.165) is 12.1 Å². The average Bonchev–Trinajstić information content (AvgIpc) is 2.68. The van der Waals surface area contributed by atoms with Crippen molar-refractivity contribution in [2.75, 3.05) is 13.2 Å². The predicted octanol–water partition coefficient (Wildman–Crippen LogP) is 4.97. The molecule has 8 heteroatoms. The van der Waals surface area contributed by atoms with Crippen molar-refractivity contribution in [1.29, 1.82) is 0 Å². The van der Waals surface area contributed by atoms with Gasteiger partial charge >= 0.3 is 6.18 Å². The van der Waals surface area contributed by atoms with Gasteiger partial charge in [-0.05, 0) is 48.2 Å². The fraction of sp³-hybridized carbons (Fsp3) is 0.350. The van der Waals surface area contributed by atoms with Gasteiger partial charge in [-0.3, -0.25) is 4.79 Å². The maximum atomic E-state index is 13.5. The largest absolute Gasteiger partial charge is 0.416 e. The lowest BCUT2D eigenvalue weighted by molar-refractivity contribution is -0.138. The van der Waals surface area contributed by atoms with E-state index in [1.54, 1.807) is 0 Å². The molecule has 0 spiro atoms. The minimum atomic E-state index is -4.49. The summed E-state index contributed by atoms with van der Waals surface area (Å²) < 4.78 is 58.9. The molecule has 2 aromatic rings. The van der Waals surface area contributed by atoms with E-state index in [2.05, 4.69) is 21.2 Å². The summed E-state index contributed by atoms with van der Waals surface area (Å²) in [5.41, 5.74) is -1.07. The van der Waals surface area contributed by atoms with Crippen molar-refractivity contribution >= 4 is 21.8 Å². The van der Waals surface area contributed by atoms with E-state index in [0.29, 0.717) is 15.6 Å². The van der Waals surface area contributed by atoms with Crippen molar-refractivity contribution in [3.05, 3.63) is 69.4 Å². The van der Waals surface area contributed by atoms with Gasteiger partial charge in [0.05, 0.1) is 11.0 Å². The molecule has 0 aromatic heterocycles. The van der Waals surface area contributed by atoms with E-state index < -0.39 is 28.9 Å². The Hall–Kier alpha value is -1.93. The van der Waals surface area contributed by atoms with Gasteiger partial charge in [-0.25, -0.2) is 4.39 Å². The average molecular weight is 460 g/mol. The molecule has 150 valence electrons. The summed E-state index contributed by atoms with van der Waals surface area (Å²) in [5, 5.41) is 2.76. The maximum absolute atomic E-state index is 13.5. The lowest BCUT2D eigenvalue weighted by atomic mass is 9.73. The third kappa shape index (κ3) is 4.38. The molecular weight excluding hydrogens is 442 g/mol. The zero-order valence-corrected chi connectivity index (χ0v) is 16.4. The van der Waals surface area contributed by atoms with Gasteiger partial charge in [0.15, 0.2) is 0 Å². The first-order valence-electron chi connectivity index (χ1n) is 8.70. The zero-order chi connectivity index (χ0) is 20.4. The molecule has 2 aromatic carbocycles. The molecule has 0 unspecified atom stereocenters. The molecule has 0 aliphatic carbocycles. The zero-order valence-electron chi connectivity index (χ0n) is 14.8. The van der Waals surface area contributed by atoms with Crippen molar-refractivity contribution in [2.45, 2.75) is 31.0 Å². The van der Waals surface area contributed by atoms with Crippen LogP contribution in [0.3, 0.4) is 0 Å². The number of halogens is 5. The molecular formula is C20H18BrF4NO2. The predicted molar refractivity (Wildman–Crippen MR) is 99.1 cm³/mol. The molecule has 1 aliphatic heterocycles. The van der Waals surface area contributed by atoms with Crippen molar-refractivity contribution in [3.63, 3.8) is 0 Å². The lowest BCUT2D eigenvalue weighted by Crippen LogP contribution is -2.48. The summed E-state index contributed by atoms with van der Waals surface area (Å²) in [5.74, 6) is -0.836. The first-order valence-corrected chi connectivity index (χ1v) is 9.49. The van der Waals surface area contributed by atoms with E-state index in [1.165, 1.54) is 30.3 Å². The van der Waals surface area contributed by atoms with Gasteiger partial charge in [0.2, 0.25) is 5.91 Å². The number of carbonyl (C=O) groups excluding carboxylic acids is 1. The van der Waals surface area contributed by atoms with Crippen molar-refractivity contribution in [3.8, 4) is 0 Å². The Kier molecular flexibility index (Phi) is 6.09. The van der Waals surface area contributed by atoms with Crippen LogP contribution in [0.5, 0.6) is 0 Å². The number of alkyl halides is 3. The summed E-state index contributed by atoms with van der Waals surface area (Å²) >= 11 is 3.30. The summed E-state index contributed by atoms with van der Waals surface area (Å²) in [7, 11) is 0. The summed E-state index contributed by atoms with van der Waals surface area (Å²) in [6, 6.07) is 8.99. The minimum Gasteiger partial charge on any atom is -0.381 e. The smallest absolute Gasteiger partial charge is 0.381 e. The van der Waals surface area contributed by atoms with Gasteiger partial charge in [0.1, 0.15) is 5.82 Å². The highest BCUT2D eigenvalue weighted by Crippen LogP contribution is 2.38. The minimum absolute atomic E-state index is 0.0543. The van der Waals surface area contributed by atoms with Gasteiger partial charge in [0, 0.05) is 24.2 Å². The Balaban J connectivity index is 1.89. The first-order chi connectivity index (χ1) is 13.2. The number of rotatable bonds is 4. The third-order valence-electron chi connectivity index (χ3n) is 4.97. The van der Waals surface area contributed by atoms with Crippen LogP contribution >= 0.6 is 15.9 Å². The second-order valence-corrected chi connectivity index (χ2v) is 7.55. The molecule has 1 aliphatic rings. The van der Waals surface area contributed by atoms with Crippen LogP contribution in [0.2, 0.25) is 0 Å². The Morgan fingerprint density at radius 2 is 1.86 bits per heavy atom. The van der Waals surface area contributed by atoms with E-state index in [1.807, 2.05) is 0 Å². The van der Waals surface area contributed by atoms with E-state index in [9.17, 15) is 22.4 Å². The lowest BCUT2D eigenvalue weighted by Gasteiger charge is -2.36. The fourth-order valence-electron chi connectivity index (χ4n) is 3.38. The Labute approximate surface area is 168 Å². The van der Waals surface area contributed by atoms with E-state index in [4.69, 9.17) is 4.74 Å². The molecule has 3 nitrogen and oxygen atoms in total. The molecule has 3 rings (SSSR count). The topological polar surface area (TPSA) is 38.3 Å². The molecule has 0 bridgehead atoms. The number of ether oxygens (including phenoxy) is 1. The molecule has 0 radical (unpaired) electrons. The molecule has 28 heavy (non-hydrogen) atoms. The second kappa shape index (κ2) is 8.21. The molecule has 1 saturated heterocycles. The second-order valence-electron chi connectivity index (χ2n) is 6.69. The first kappa shape index (κ1) is 20.8. The molecule has 0 atom stereocenters. The molecule has 1 amide bonds. The Morgan fingerprint density at radius 1 is 1.14 bits per heavy atom. The van der Waals surface area contributed by atoms with Gasteiger partial charge in [-0.2, -0.15) is 13.2 Å². The fourth-order valence-corrected chi connectivity index (χ4v) is 3.77. The van der Waals surface area contributed by atoms with Gasteiger partial charge in [-0.15, -0.1) is 0 Å². The van der Waals surface area contributed by atoms with Crippen LogP contribution in [0, 0.1) is 5.82 Å². The number of hydrogen-bond acceptors (Lipinski definition) is 2. The van der Waals surface area contributed by atoms with Crippen LogP contribution in [-0.4, -0.2) is 19.1 Å². The van der Waals surface area contributed by atoms with E-state index >= 15 is 0 Å². The quantitative estimate of drug-likeness (QED) is 0.655. The van der Waals surface area contributed by atoms with Gasteiger partial charge in [0.25, 0.3) is 0 Å². The third-order valence-corrected chi connectivity index (χ3v) is 5.74. The number of nitrogens with one attached hydrogen (secondary N) is 1. The van der Waals surface area contributed by atoms with Gasteiger partial charge < -0.3 is 10.1 Å². The maximum Gasteiger partial charge on any atom is 0.416 e. The molecule has 1 fully saturated rings. The number of hydrogen-bond donors (Lipinski definition) is 1. The van der Waals surface area contributed by atoms with Crippen molar-refractivity contribution < 1.29 is 27.1 Å². The number of carbonyl (C=O) groups is 1. The highest BCUT2D eigenvalue weighted by Gasteiger charge is 2.43. The number of amides is 1. The SMILES string of the molecule is O=C(NCc1cc(F)ccc1Br)C1(c2cccc(C(F)(F)F)c2)CCOCC1. The highest BCUT2D eigenvalue weighted by atomic mass is 79.9. The van der Waals surface area contributed by atoms with Crippen molar-refractivity contribution in [1.82, 2.24) is 5.32 Å². The van der Waals surface area contributed by atoms with Crippen LogP contribution in [0.1, 0.15) is 29.5 Å². The molecule has 0 saturated carbocycles.